The number of halogens is 2. The Kier molecular flexibility index (Phi) is 5.53. The minimum atomic E-state index is -0.516. The molecule has 0 aliphatic heterocycles. The summed E-state index contributed by atoms with van der Waals surface area (Å²) in [5.41, 5.74) is 0.556. The average molecular weight is 281 g/mol. The summed E-state index contributed by atoms with van der Waals surface area (Å²) in [4.78, 5) is 0. The number of benzene rings is 1. The first kappa shape index (κ1) is 15.4. The molecule has 1 fully saturated rings. The van der Waals surface area contributed by atoms with E-state index in [0.717, 1.165) is 12.5 Å². The molecule has 1 aromatic rings. The Hall–Kier alpha value is -0.960. The predicted molar refractivity (Wildman–Crippen MR) is 78.6 cm³/mol. The van der Waals surface area contributed by atoms with E-state index in [0.29, 0.717) is 17.5 Å². The molecule has 0 heterocycles. The third kappa shape index (κ3) is 3.78. The van der Waals surface area contributed by atoms with Gasteiger partial charge in [0.1, 0.15) is 11.6 Å². The van der Waals surface area contributed by atoms with Gasteiger partial charge in [-0.1, -0.05) is 32.3 Å². The Morgan fingerprint density at radius 1 is 1.20 bits per heavy atom. The highest BCUT2D eigenvalue weighted by atomic mass is 19.1. The van der Waals surface area contributed by atoms with Crippen molar-refractivity contribution >= 4 is 0 Å². The first-order valence-corrected chi connectivity index (χ1v) is 7.82. The second kappa shape index (κ2) is 7.16. The summed E-state index contributed by atoms with van der Waals surface area (Å²) in [6, 6.07) is 4.20. The highest BCUT2D eigenvalue weighted by Crippen LogP contribution is 2.29. The van der Waals surface area contributed by atoms with Gasteiger partial charge < -0.3 is 5.32 Å². The van der Waals surface area contributed by atoms with Crippen LogP contribution >= 0.6 is 0 Å². The standard InChI is InChI=1S/C17H25F2N/c1-3-17(13-7-5-4-6-8-13)20-12(2)15-10-9-14(18)11-16(15)19/h9-13,17,20H,3-8H2,1-2H3. The molecule has 0 amide bonds. The molecular weight excluding hydrogens is 256 g/mol. The van der Waals surface area contributed by atoms with Crippen molar-refractivity contribution in [2.45, 2.75) is 64.5 Å². The molecule has 0 aromatic heterocycles. The van der Waals surface area contributed by atoms with Crippen LogP contribution in [0.25, 0.3) is 0 Å². The lowest BCUT2D eigenvalue weighted by molar-refractivity contribution is 0.248. The predicted octanol–water partition coefficient (Wildman–Crippen LogP) is 4.97. The Bertz CT molecular complexity index is 427. The van der Waals surface area contributed by atoms with E-state index < -0.39 is 11.6 Å². The molecule has 0 spiro atoms. The van der Waals surface area contributed by atoms with Crippen LogP contribution in [0.2, 0.25) is 0 Å². The van der Waals surface area contributed by atoms with Crippen LogP contribution in [-0.2, 0) is 0 Å². The second-order valence-electron chi connectivity index (χ2n) is 5.97. The summed E-state index contributed by atoms with van der Waals surface area (Å²) in [5, 5.41) is 3.55. The van der Waals surface area contributed by atoms with Crippen LogP contribution < -0.4 is 5.32 Å². The molecule has 20 heavy (non-hydrogen) atoms. The molecule has 112 valence electrons. The van der Waals surface area contributed by atoms with Crippen molar-refractivity contribution in [1.82, 2.24) is 5.32 Å². The van der Waals surface area contributed by atoms with Gasteiger partial charge in [0.15, 0.2) is 0 Å². The number of hydrogen-bond acceptors (Lipinski definition) is 1. The molecule has 2 unspecified atom stereocenters. The molecule has 0 bridgehead atoms. The topological polar surface area (TPSA) is 12.0 Å². The van der Waals surface area contributed by atoms with E-state index >= 15 is 0 Å². The molecule has 0 saturated heterocycles. The molecular formula is C17H25F2N. The number of hydrogen-bond donors (Lipinski definition) is 1. The van der Waals surface area contributed by atoms with E-state index in [1.807, 2.05) is 6.92 Å². The Morgan fingerprint density at radius 2 is 1.90 bits per heavy atom. The summed E-state index contributed by atoms with van der Waals surface area (Å²) in [7, 11) is 0. The van der Waals surface area contributed by atoms with Gasteiger partial charge in [-0.15, -0.1) is 0 Å². The van der Waals surface area contributed by atoms with Crippen molar-refractivity contribution < 1.29 is 8.78 Å². The van der Waals surface area contributed by atoms with Crippen molar-refractivity contribution in [3.63, 3.8) is 0 Å². The molecule has 1 N–H and O–H groups in total. The van der Waals surface area contributed by atoms with E-state index in [1.54, 1.807) is 6.07 Å². The van der Waals surface area contributed by atoms with Crippen molar-refractivity contribution in [1.29, 1.82) is 0 Å². The maximum absolute atomic E-state index is 13.8. The van der Waals surface area contributed by atoms with Crippen LogP contribution in [0, 0.1) is 17.6 Å². The Balaban J connectivity index is 2.02. The summed E-state index contributed by atoms with van der Waals surface area (Å²) in [6.07, 6.45) is 7.55. The van der Waals surface area contributed by atoms with Gasteiger partial charge in [-0.2, -0.15) is 0 Å². The summed E-state index contributed by atoms with van der Waals surface area (Å²) >= 11 is 0. The van der Waals surface area contributed by atoms with Crippen molar-refractivity contribution in [2.75, 3.05) is 0 Å². The molecule has 1 aliphatic rings. The maximum atomic E-state index is 13.8. The first-order chi connectivity index (χ1) is 9.61. The van der Waals surface area contributed by atoms with Crippen LogP contribution in [0.15, 0.2) is 18.2 Å². The fourth-order valence-corrected chi connectivity index (χ4v) is 3.39. The smallest absolute Gasteiger partial charge is 0.130 e. The lowest BCUT2D eigenvalue weighted by Crippen LogP contribution is -2.38. The molecule has 2 rings (SSSR count). The van der Waals surface area contributed by atoms with Gasteiger partial charge in [0, 0.05) is 23.7 Å². The Morgan fingerprint density at radius 3 is 2.50 bits per heavy atom. The third-order valence-corrected chi connectivity index (χ3v) is 4.55. The zero-order chi connectivity index (χ0) is 14.5. The highest BCUT2D eigenvalue weighted by Gasteiger charge is 2.24. The minimum Gasteiger partial charge on any atom is -0.307 e. The Labute approximate surface area is 120 Å². The molecule has 1 nitrogen and oxygen atoms in total. The lowest BCUT2D eigenvalue weighted by atomic mass is 9.82. The van der Waals surface area contributed by atoms with Gasteiger partial charge in [-0.3, -0.25) is 0 Å². The van der Waals surface area contributed by atoms with E-state index in [1.165, 1.54) is 38.2 Å². The maximum Gasteiger partial charge on any atom is 0.130 e. The van der Waals surface area contributed by atoms with Crippen LogP contribution in [0.3, 0.4) is 0 Å². The minimum absolute atomic E-state index is 0.0810. The van der Waals surface area contributed by atoms with Gasteiger partial charge >= 0.3 is 0 Å². The van der Waals surface area contributed by atoms with Crippen LogP contribution in [0.4, 0.5) is 8.78 Å². The molecule has 2 atom stereocenters. The first-order valence-electron chi connectivity index (χ1n) is 7.82. The van der Waals surface area contributed by atoms with Crippen molar-refractivity contribution in [2.24, 2.45) is 5.92 Å². The van der Waals surface area contributed by atoms with Gasteiger partial charge in [0.25, 0.3) is 0 Å². The largest absolute Gasteiger partial charge is 0.307 e. The summed E-state index contributed by atoms with van der Waals surface area (Å²) < 4.78 is 26.8. The molecule has 1 saturated carbocycles. The van der Waals surface area contributed by atoms with Crippen LogP contribution in [0.1, 0.15) is 64.0 Å². The van der Waals surface area contributed by atoms with E-state index in [-0.39, 0.29) is 6.04 Å². The second-order valence-corrected chi connectivity index (χ2v) is 5.97. The molecule has 0 radical (unpaired) electrons. The molecule has 1 aliphatic carbocycles. The third-order valence-electron chi connectivity index (χ3n) is 4.55. The van der Waals surface area contributed by atoms with Crippen LogP contribution in [0.5, 0.6) is 0 Å². The fourth-order valence-electron chi connectivity index (χ4n) is 3.39. The monoisotopic (exact) mass is 281 g/mol. The zero-order valence-electron chi connectivity index (χ0n) is 12.5. The lowest BCUT2D eigenvalue weighted by Gasteiger charge is -2.32. The molecule has 3 heteroatoms. The SMILES string of the molecule is CCC(NC(C)c1ccc(F)cc1F)C1CCCCC1. The zero-order valence-corrected chi connectivity index (χ0v) is 12.5. The van der Waals surface area contributed by atoms with Crippen LogP contribution in [-0.4, -0.2) is 6.04 Å². The van der Waals surface area contributed by atoms with E-state index in [9.17, 15) is 8.78 Å². The van der Waals surface area contributed by atoms with Gasteiger partial charge in [-0.25, -0.2) is 8.78 Å². The number of rotatable bonds is 5. The number of nitrogens with one attached hydrogen (secondary N) is 1. The normalized spacial score (nSPS) is 19.8. The quantitative estimate of drug-likeness (QED) is 0.803. The highest BCUT2D eigenvalue weighted by molar-refractivity contribution is 5.21. The van der Waals surface area contributed by atoms with Crippen molar-refractivity contribution in [3.05, 3.63) is 35.4 Å². The van der Waals surface area contributed by atoms with Gasteiger partial charge in [0.05, 0.1) is 0 Å². The molecule has 1 aromatic carbocycles. The summed E-state index contributed by atoms with van der Waals surface area (Å²) in [6.45, 7) is 4.14. The van der Waals surface area contributed by atoms with E-state index in [2.05, 4.69) is 12.2 Å². The van der Waals surface area contributed by atoms with Gasteiger partial charge in [0.2, 0.25) is 0 Å². The van der Waals surface area contributed by atoms with Gasteiger partial charge in [-0.05, 0) is 38.2 Å². The fraction of sp³-hybridized carbons (Fsp3) is 0.647. The van der Waals surface area contributed by atoms with E-state index in [4.69, 9.17) is 0 Å². The van der Waals surface area contributed by atoms with Crippen molar-refractivity contribution in [3.8, 4) is 0 Å². The summed E-state index contributed by atoms with van der Waals surface area (Å²) in [5.74, 6) is -0.277. The average Bonchev–Trinajstić information content (AvgIpc) is 2.45.